The first-order chi connectivity index (χ1) is 30.8. The number of ether oxygens (including phenoxy) is 2. The molecule has 5 unspecified atom stereocenters. The smallest absolute Gasteiger partial charge is 0.462 e. The van der Waals surface area contributed by atoms with Crippen LogP contribution in [0.4, 0.5) is 0 Å². The van der Waals surface area contributed by atoms with Crippen LogP contribution in [0.1, 0.15) is 194 Å². The van der Waals surface area contributed by atoms with E-state index in [0.29, 0.717) is 12.8 Å². The summed E-state index contributed by atoms with van der Waals surface area (Å²) in [6.45, 7) is 2.94. The van der Waals surface area contributed by atoms with E-state index in [1.807, 2.05) is 0 Å². The number of hydrogen-bond donors (Lipinski definition) is 8. The van der Waals surface area contributed by atoms with Gasteiger partial charge in [-0.3, -0.25) is 27.7 Å². The Labute approximate surface area is 386 Å². The summed E-state index contributed by atoms with van der Waals surface area (Å²) in [5.41, 5.74) is 0. The zero-order valence-corrected chi connectivity index (χ0v) is 41.5. The Bertz CT molecular complexity index is 1420. The number of hydrogen-bond acceptors (Lipinski definition) is 14. The van der Waals surface area contributed by atoms with Crippen molar-refractivity contribution in [1.29, 1.82) is 0 Å². The SMILES string of the molecule is CCCCCCCCC=CCCCCCCCC(=O)O[C@H](COC(=O)CCCCCCCCCCCCCCC)COP(=O)(O)O[C@H]1C(O)C(O)C(OP(=O)(O)O)[C@@H](OP(=O)(O)O)C1O. The molecule has 0 spiro atoms. The molecule has 65 heavy (non-hydrogen) atoms. The number of allylic oxidation sites excluding steroid dienone is 2. The van der Waals surface area contributed by atoms with E-state index in [2.05, 4.69) is 35.0 Å². The van der Waals surface area contributed by atoms with E-state index in [1.54, 1.807) is 0 Å². The second kappa shape index (κ2) is 35.9. The molecule has 1 aliphatic rings. The van der Waals surface area contributed by atoms with Gasteiger partial charge in [-0.05, 0) is 38.5 Å². The highest BCUT2D eigenvalue weighted by molar-refractivity contribution is 7.47. The molecule has 0 aliphatic heterocycles. The van der Waals surface area contributed by atoms with E-state index >= 15 is 0 Å². The maximum atomic E-state index is 13.1. The van der Waals surface area contributed by atoms with Crippen molar-refractivity contribution >= 4 is 35.4 Å². The van der Waals surface area contributed by atoms with Crippen molar-refractivity contribution in [3.05, 3.63) is 12.2 Å². The maximum absolute atomic E-state index is 13.1. The third-order valence-corrected chi connectivity index (χ3v) is 13.1. The third kappa shape index (κ3) is 32.4. The highest BCUT2D eigenvalue weighted by atomic mass is 31.2. The van der Waals surface area contributed by atoms with Crippen LogP contribution < -0.4 is 0 Å². The van der Waals surface area contributed by atoms with Crippen molar-refractivity contribution in [2.24, 2.45) is 0 Å². The molecule has 0 amide bonds. The lowest BCUT2D eigenvalue weighted by Crippen LogP contribution is -2.65. The van der Waals surface area contributed by atoms with Crippen LogP contribution in [0, 0.1) is 0 Å². The van der Waals surface area contributed by atoms with Crippen molar-refractivity contribution in [3.8, 4) is 0 Å². The number of aliphatic hydroxyl groups is 3. The fraction of sp³-hybridized carbons (Fsp3) is 0.907. The Morgan fingerprint density at radius 1 is 0.477 bits per heavy atom. The average molecular weight is 997 g/mol. The van der Waals surface area contributed by atoms with Crippen molar-refractivity contribution in [2.75, 3.05) is 13.2 Å². The molecule has 0 radical (unpaired) electrons. The maximum Gasteiger partial charge on any atom is 0.472 e. The van der Waals surface area contributed by atoms with Crippen LogP contribution in [0.15, 0.2) is 12.2 Å². The summed E-state index contributed by atoms with van der Waals surface area (Å²) in [7, 11) is -16.6. The van der Waals surface area contributed by atoms with Crippen LogP contribution in [0.3, 0.4) is 0 Å². The quantitative estimate of drug-likeness (QED) is 0.0123. The second-order valence-electron chi connectivity index (χ2n) is 17.0. The van der Waals surface area contributed by atoms with E-state index in [-0.39, 0.29) is 12.8 Å². The van der Waals surface area contributed by atoms with Gasteiger partial charge in [0, 0.05) is 12.8 Å². The topological polar surface area (TPSA) is 303 Å². The molecule has 19 nitrogen and oxygen atoms in total. The largest absolute Gasteiger partial charge is 0.472 e. The number of unbranched alkanes of at least 4 members (excludes halogenated alkanes) is 23. The molecule has 384 valence electrons. The van der Waals surface area contributed by atoms with Crippen molar-refractivity contribution in [2.45, 2.75) is 236 Å². The molecule has 1 aliphatic carbocycles. The summed E-state index contributed by atoms with van der Waals surface area (Å²) in [6, 6.07) is 0. The molecule has 0 aromatic heterocycles. The monoisotopic (exact) mass is 996 g/mol. The van der Waals surface area contributed by atoms with Gasteiger partial charge in [-0.1, -0.05) is 154 Å². The Morgan fingerprint density at radius 3 is 1.28 bits per heavy atom. The summed E-state index contributed by atoms with van der Waals surface area (Å²) >= 11 is 0. The van der Waals surface area contributed by atoms with Crippen LogP contribution in [0.5, 0.6) is 0 Å². The Kier molecular flexibility index (Phi) is 34.2. The highest BCUT2D eigenvalue weighted by Crippen LogP contribution is 2.51. The summed E-state index contributed by atoms with van der Waals surface area (Å²) < 4.78 is 65.4. The number of aliphatic hydroxyl groups excluding tert-OH is 3. The number of phosphoric ester groups is 3. The fourth-order valence-electron chi connectivity index (χ4n) is 7.46. The lowest BCUT2D eigenvalue weighted by Gasteiger charge is -2.44. The summed E-state index contributed by atoms with van der Waals surface area (Å²) in [5.74, 6) is -1.30. The van der Waals surface area contributed by atoms with Gasteiger partial charge in [0.1, 0.15) is 43.2 Å². The lowest BCUT2D eigenvalue weighted by atomic mass is 9.85. The fourth-order valence-corrected chi connectivity index (χ4v) is 9.56. The molecule has 22 heteroatoms. The molecule has 8 N–H and O–H groups in total. The van der Waals surface area contributed by atoms with Gasteiger partial charge in [-0.2, -0.15) is 0 Å². The molecular weight excluding hydrogens is 913 g/mol. The zero-order chi connectivity index (χ0) is 48.6. The predicted octanol–water partition coefficient (Wildman–Crippen LogP) is 8.51. The molecule has 0 bridgehead atoms. The van der Waals surface area contributed by atoms with Crippen molar-refractivity contribution in [3.63, 3.8) is 0 Å². The first-order valence-corrected chi connectivity index (χ1v) is 28.5. The number of phosphoric acid groups is 3. The zero-order valence-electron chi connectivity index (χ0n) is 38.8. The minimum Gasteiger partial charge on any atom is -0.462 e. The highest BCUT2D eigenvalue weighted by Gasteiger charge is 2.56. The van der Waals surface area contributed by atoms with E-state index in [1.165, 1.54) is 89.9 Å². The minimum atomic E-state index is -5.60. The van der Waals surface area contributed by atoms with Crippen LogP contribution in [0.2, 0.25) is 0 Å². The second-order valence-corrected chi connectivity index (χ2v) is 20.8. The first kappa shape index (κ1) is 61.9. The Balaban J connectivity index is 2.74. The van der Waals surface area contributed by atoms with Gasteiger partial charge in [-0.15, -0.1) is 0 Å². The number of esters is 2. The Morgan fingerprint density at radius 2 is 0.846 bits per heavy atom. The average Bonchev–Trinajstić information content (AvgIpc) is 3.23. The summed E-state index contributed by atoms with van der Waals surface area (Å²) in [4.78, 5) is 73.1. The van der Waals surface area contributed by atoms with Gasteiger partial charge < -0.3 is 49.3 Å². The summed E-state index contributed by atoms with van der Waals surface area (Å²) in [6.07, 6.45) is 16.6. The first-order valence-electron chi connectivity index (χ1n) is 24.0. The van der Waals surface area contributed by atoms with Gasteiger partial charge in [0.2, 0.25) is 0 Å². The summed E-state index contributed by atoms with van der Waals surface area (Å²) in [5, 5.41) is 31.9. The molecular formula is C43H83O19P3. The number of carbonyl (C=O) groups is 2. The van der Waals surface area contributed by atoms with Crippen LogP contribution in [-0.4, -0.2) is 108 Å². The Hall–Kier alpha value is -1.11. The predicted molar refractivity (Wildman–Crippen MR) is 243 cm³/mol. The standard InChI is InChI=1S/C43H83O19P3/c1-3-5-7-9-11-13-15-17-18-20-22-24-26-28-30-32-37(45)59-35(33-57-36(44)31-29-27-25-23-21-19-16-14-12-10-8-6-4-2)34-58-65(55,56)62-41-38(46)39(47)42(60-63(49,50)51)43(40(41)48)61-64(52,53)54/h17-18,35,38-43,46-48H,3-16,19-34H2,1-2H3,(H,55,56)(H2,49,50,51)(H2,52,53,54)/t35-,38?,39?,40?,41+,42?,43+/m1/s1. The number of rotatable bonds is 41. The van der Waals surface area contributed by atoms with Gasteiger partial charge >= 0.3 is 35.4 Å². The molecule has 1 rings (SSSR count). The molecule has 1 fully saturated rings. The molecule has 0 aromatic rings. The molecule has 8 atom stereocenters. The van der Waals surface area contributed by atoms with Crippen molar-refractivity contribution in [1.82, 2.24) is 0 Å². The van der Waals surface area contributed by atoms with Gasteiger partial charge in [0.15, 0.2) is 6.10 Å². The van der Waals surface area contributed by atoms with Gasteiger partial charge in [-0.25, -0.2) is 13.7 Å². The van der Waals surface area contributed by atoms with Crippen LogP contribution >= 0.6 is 23.5 Å². The lowest BCUT2D eigenvalue weighted by molar-refractivity contribution is -0.213. The van der Waals surface area contributed by atoms with Crippen LogP contribution in [0.25, 0.3) is 0 Å². The van der Waals surface area contributed by atoms with E-state index < -0.39 is 91.3 Å². The van der Waals surface area contributed by atoms with Crippen molar-refractivity contribution < 1.29 is 90.6 Å². The minimum absolute atomic E-state index is 0.00793. The molecule has 0 saturated heterocycles. The van der Waals surface area contributed by atoms with E-state index in [0.717, 1.165) is 64.2 Å². The van der Waals surface area contributed by atoms with E-state index in [9.17, 15) is 63.1 Å². The van der Waals surface area contributed by atoms with Gasteiger partial charge in [0.05, 0.1) is 6.61 Å². The van der Waals surface area contributed by atoms with E-state index in [4.69, 9.17) is 18.5 Å². The molecule has 0 heterocycles. The van der Waals surface area contributed by atoms with Crippen LogP contribution in [-0.2, 0) is 50.9 Å². The van der Waals surface area contributed by atoms with Gasteiger partial charge in [0.25, 0.3) is 0 Å². The molecule has 0 aromatic carbocycles. The number of carbonyl (C=O) groups excluding carboxylic acids is 2. The normalized spacial score (nSPS) is 21.9. The third-order valence-electron chi connectivity index (χ3n) is 11.1. The molecule has 1 saturated carbocycles.